The Morgan fingerprint density at radius 3 is 2.43 bits per heavy atom. The SMILES string of the molecule is C[C@H]1CC/C=C/c2ccc3c(c2)/C(=N/O[C@@H]2C[C@@H](C(=O)N[C@@]4(C(=O)NS(=O)(=O)C5CC5)C[C@H]4C(F)F)N(C2)C(=O)[C@H](C(C)(C)C)NC(=O)OC1)c1ccccc1-3. The Morgan fingerprint density at radius 1 is 1.04 bits per heavy atom. The molecule has 56 heavy (non-hydrogen) atoms. The van der Waals surface area contributed by atoms with E-state index in [1.165, 1.54) is 4.90 Å². The number of rotatable bonds is 6. The van der Waals surface area contributed by atoms with E-state index in [9.17, 15) is 36.4 Å². The number of halogens is 2. The molecule has 300 valence electrons. The van der Waals surface area contributed by atoms with E-state index in [1.807, 2.05) is 60.2 Å². The number of hydrogen-bond donors (Lipinski definition) is 3. The number of alkyl halides is 2. The number of fused-ring (bicyclic) bond motifs is 6. The van der Waals surface area contributed by atoms with Gasteiger partial charge in [-0.1, -0.05) is 81.4 Å². The first-order valence-corrected chi connectivity index (χ1v) is 20.6. The van der Waals surface area contributed by atoms with E-state index in [-0.39, 0.29) is 25.5 Å². The minimum atomic E-state index is -4.13. The molecule has 0 spiro atoms. The van der Waals surface area contributed by atoms with Crippen LogP contribution in [0.2, 0.25) is 0 Å². The molecule has 5 aliphatic rings. The van der Waals surface area contributed by atoms with Crippen molar-refractivity contribution in [1.82, 2.24) is 20.3 Å². The lowest BCUT2D eigenvalue weighted by molar-refractivity contribution is -0.143. The van der Waals surface area contributed by atoms with Gasteiger partial charge in [0.1, 0.15) is 29.4 Å². The summed E-state index contributed by atoms with van der Waals surface area (Å²) < 4.78 is 61.0. The topological polar surface area (TPSA) is 173 Å². The second kappa shape index (κ2) is 14.9. The lowest BCUT2D eigenvalue weighted by Gasteiger charge is -2.35. The van der Waals surface area contributed by atoms with E-state index in [4.69, 9.17) is 9.57 Å². The number of nitrogens with one attached hydrogen (secondary N) is 3. The molecule has 3 aliphatic carbocycles. The largest absolute Gasteiger partial charge is 0.449 e. The molecule has 4 amide bonds. The highest BCUT2D eigenvalue weighted by Gasteiger charge is 2.67. The first-order valence-electron chi connectivity index (χ1n) is 19.0. The number of nitrogens with zero attached hydrogens (tertiary/aromatic N) is 2. The number of oxime groups is 1. The minimum absolute atomic E-state index is 0.000813. The normalized spacial score (nSPS) is 29.5. The van der Waals surface area contributed by atoms with Crippen LogP contribution in [0.1, 0.15) is 82.9 Å². The average molecular weight is 796 g/mol. The van der Waals surface area contributed by atoms with Crippen molar-refractivity contribution < 1.29 is 46.0 Å². The van der Waals surface area contributed by atoms with Gasteiger partial charge in [0.25, 0.3) is 5.91 Å². The Hall–Kier alpha value is -4.86. The van der Waals surface area contributed by atoms with Crippen LogP contribution in [-0.4, -0.2) is 91.4 Å². The van der Waals surface area contributed by atoms with E-state index in [0.717, 1.165) is 40.7 Å². The van der Waals surface area contributed by atoms with Gasteiger partial charge in [0.2, 0.25) is 28.3 Å². The number of sulfonamides is 1. The van der Waals surface area contributed by atoms with E-state index in [2.05, 4.69) is 21.9 Å². The maximum atomic E-state index is 14.5. The van der Waals surface area contributed by atoms with Crippen LogP contribution in [0.15, 0.2) is 53.7 Å². The highest BCUT2D eigenvalue weighted by molar-refractivity contribution is 7.91. The second-order valence-corrected chi connectivity index (χ2v) is 18.6. The molecule has 6 atom stereocenters. The number of ether oxygens (including phenoxy) is 1. The molecule has 3 N–H and O–H groups in total. The summed E-state index contributed by atoms with van der Waals surface area (Å²) in [6.07, 6.45) is 0.795. The zero-order chi connectivity index (χ0) is 40.2. The van der Waals surface area contributed by atoms with Gasteiger partial charge < -0.3 is 25.1 Å². The van der Waals surface area contributed by atoms with Crippen LogP contribution in [0.4, 0.5) is 13.6 Å². The van der Waals surface area contributed by atoms with Crippen LogP contribution < -0.4 is 15.4 Å². The third kappa shape index (κ3) is 7.89. The van der Waals surface area contributed by atoms with Gasteiger partial charge >= 0.3 is 6.09 Å². The predicted molar refractivity (Wildman–Crippen MR) is 203 cm³/mol. The molecule has 2 aromatic rings. The van der Waals surface area contributed by atoms with Crippen LogP contribution >= 0.6 is 0 Å². The Morgan fingerprint density at radius 2 is 1.75 bits per heavy atom. The van der Waals surface area contributed by atoms with Crippen molar-refractivity contribution >= 4 is 45.6 Å². The summed E-state index contributed by atoms with van der Waals surface area (Å²) in [6.45, 7) is 7.06. The number of amides is 4. The first kappa shape index (κ1) is 39.4. The number of allylic oxidation sites excluding steroid dienone is 1. The number of benzene rings is 2. The third-order valence-electron chi connectivity index (χ3n) is 11.2. The summed E-state index contributed by atoms with van der Waals surface area (Å²) in [5, 5.41) is 8.90. The molecule has 2 heterocycles. The first-order chi connectivity index (χ1) is 26.5. The molecule has 4 bridgehead atoms. The number of carbonyl (C=O) groups excluding carboxylic acids is 4. The zero-order valence-corrected chi connectivity index (χ0v) is 32.5. The Bertz CT molecular complexity index is 2100. The highest BCUT2D eigenvalue weighted by Crippen LogP contribution is 2.48. The fourth-order valence-electron chi connectivity index (χ4n) is 7.67. The number of carbonyl (C=O) groups is 4. The standard InChI is InChI=1S/C40H47F2N5O8S/c1-22-9-5-6-10-23-13-16-27-26-11-7-8-12-28(26)32(29(27)17-23)45-55-24-18-31(47(20-24)36(49)33(39(2,3)4)43-38(51)54-21-22)35(48)44-40(19-30(40)34(41)42)37(50)46-56(52,53)25-14-15-25/h6-8,10-13,16-17,22,24-25,30-31,33-34H,5,9,14-15,18-21H2,1-4H3,(H,43,51)(H,44,48)(H,46,50)/b10-6+,45-32+/t22-,24+,30-,31-,33+,40-/m0/s1. The lowest BCUT2D eigenvalue weighted by Crippen LogP contribution is -2.60. The maximum absolute atomic E-state index is 14.5. The zero-order valence-electron chi connectivity index (χ0n) is 31.7. The van der Waals surface area contributed by atoms with Gasteiger partial charge in [-0.2, -0.15) is 0 Å². The van der Waals surface area contributed by atoms with Crippen LogP contribution in [0.3, 0.4) is 0 Å². The van der Waals surface area contributed by atoms with E-state index in [1.54, 1.807) is 20.8 Å². The molecule has 16 heteroatoms. The lowest BCUT2D eigenvalue weighted by atomic mass is 9.85. The average Bonchev–Trinajstić information content (AvgIpc) is 4.06. The summed E-state index contributed by atoms with van der Waals surface area (Å²) in [5.41, 5.74) is 1.98. The molecule has 7 rings (SSSR count). The van der Waals surface area contributed by atoms with Crippen molar-refractivity contribution in [2.24, 2.45) is 22.4 Å². The summed E-state index contributed by atoms with van der Waals surface area (Å²) >= 11 is 0. The molecule has 1 saturated heterocycles. The molecule has 3 fully saturated rings. The quantitative estimate of drug-likeness (QED) is 0.321. The van der Waals surface area contributed by atoms with Gasteiger partial charge in [0.05, 0.1) is 24.3 Å². The van der Waals surface area contributed by atoms with Gasteiger partial charge in [-0.15, -0.1) is 0 Å². The summed E-state index contributed by atoms with van der Waals surface area (Å²) in [7, 11) is -4.13. The smallest absolute Gasteiger partial charge is 0.407 e. The molecule has 0 radical (unpaired) electrons. The van der Waals surface area contributed by atoms with Crippen molar-refractivity contribution in [2.45, 2.75) is 102 Å². The molecular formula is C40H47F2N5O8S. The fourth-order valence-corrected chi connectivity index (χ4v) is 9.04. The van der Waals surface area contributed by atoms with E-state index >= 15 is 0 Å². The van der Waals surface area contributed by atoms with Crippen molar-refractivity contribution in [3.8, 4) is 11.1 Å². The molecule has 2 aromatic carbocycles. The monoisotopic (exact) mass is 795 g/mol. The Labute approximate surface area is 324 Å². The molecule has 0 unspecified atom stereocenters. The summed E-state index contributed by atoms with van der Waals surface area (Å²) in [5.74, 6) is -4.51. The van der Waals surface area contributed by atoms with Crippen molar-refractivity contribution in [1.29, 1.82) is 0 Å². The van der Waals surface area contributed by atoms with Crippen LogP contribution in [-0.2, 0) is 34.0 Å². The van der Waals surface area contributed by atoms with Crippen molar-refractivity contribution in [3.63, 3.8) is 0 Å². The molecule has 0 aromatic heterocycles. The van der Waals surface area contributed by atoms with Gasteiger partial charge in [0, 0.05) is 17.5 Å². The van der Waals surface area contributed by atoms with Crippen LogP contribution in [0, 0.1) is 17.3 Å². The van der Waals surface area contributed by atoms with Crippen molar-refractivity contribution in [2.75, 3.05) is 13.2 Å². The predicted octanol–water partition coefficient (Wildman–Crippen LogP) is 4.74. The summed E-state index contributed by atoms with van der Waals surface area (Å²) in [6, 6.07) is 11.2. The van der Waals surface area contributed by atoms with E-state index in [0.29, 0.717) is 18.6 Å². The molecular weight excluding hydrogens is 749 g/mol. The number of cyclic esters (lactones) is 1. The minimum Gasteiger partial charge on any atom is -0.449 e. The molecule has 2 saturated carbocycles. The van der Waals surface area contributed by atoms with Gasteiger partial charge in [0.15, 0.2) is 0 Å². The van der Waals surface area contributed by atoms with Gasteiger partial charge in [-0.05, 0) is 66.2 Å². The Balaban J connectivity index is 1.23. The molecule has 2 aliphatic heterocycles. The second-order valence-electron chi connectivity index (χ2n) is 16.7. The van der Waals surface area contributed by atoms with Crippen molar-refractivity contribution in [3.05, 3.63) is 65.2 Å². The van der Waals surface area contributed by atoms with Gasteiger partial charge in [-0.3, -0.25) is 19.1 Å². The van der Waals surface area contributed by atoms with Crippen LogP contribution in [0.5, 0.6) is 0 Å². The highest BCUT2D eigenvalue weighted by atomic mass is 32.2. The van der Waals surface area contributed by atoms with Gasteiger partial charge in [-0.25, -0.2) is 22.0 Å². The Kier molecular flexibility index (Phi) is 10.5. The third-order valence-corrected chi connectivity index (χ3v) is 13.0. The number of hydrogen-bond acceptors (Lipinski definition) is 9. The number of alkyl carbamates (subject to hydrolysis) is 1. The maximum Gasteiger partial charge on any atom is 0.407 e. The summed E-state index contributed by atoms with van der Waals surface area (Å²) in [4.78, 5) is 62.6. The van der Waals surface area contributed by atoms with E-state index < -0.39 is 87.0 Å². The molecule has 13 nitrogen and oxygen atoms in total. The van der Waals surface area contributed by atoms with Crippen LogP contribution in [0.25, 0.3) is 17.2 Å². The fraction of sp³-hybridized carbons (Fsp3) is 0.525.